The number of carbonyl (C=O) groups excluding carboxylic acids is 1. The molecule has 0 spiro atoms. The monoisotopic (exact) mass is 365 g/mol. The zero-order valence-electron chi connectivity index (χ0n) is 15.3. The second kappa shape index (κ2) is 7.00. The number of hydrogen-bond donors (Lipinski definition) is 3. The molecule has 27 heavy (non-hydrogen) atoms. The number of aliphatic hydroxyl groups excluding tert-OH is 1. The lowest BCUT2D eigenvalue weighted by Crippen LogP contribution is -2.14. The van der Waals surface area contributed by atoms with Gasteiger partial charge < -0.3 is 16.2 Å². The topological polar surface area (TPSA) is 106 Å². The molecule has 1 fully saturated rings. The van der Waals surface area contributed by atoms with E-state index in [1.54, 1.807) is 12.3 Å². The number of fused-ring (bicyclic) bond motifs is 1. The van der Waals surface area contributed by atoms with E-state index in [9.17, 15) is 4.79 Å². The summed E-state index contributed by atoms with van der Waals surface area (Å²) in [5.74, 6) is 0.767. The normalized spacial score (nSPS) is 13.9. The number of aliphatic hydroxyl groups is 1. The number of hydrogen-bond acceptors (Lipinski definition) is 5. The third kappa shape index (κ3) is 3.14. The highest BCUT2D eigenvalue weighted by atomic mass is 16.3. The fourth-order valence-electron chi connectivity index (χ4n) is 3.65. The summed E-state index contributed by atoms with van der Waals surface area (Å²) in [6.07, 6.45) is 8.38. The summed E-state index contributed by atoms with van der Waals surface area (Å²) in [5.41, 5.74) is 11.1. The van der Waals surface area contributed by atoms with Crippen molar-refractivity contribution in [1.29, 1.82) is 0 Å². The largest absolute Gasteiger partial charge is 0.396 e. The molecule has 0 atom stereocenters. The van der Waals surface area contributed by atoms with Crippen LogP contribution in [0.25, 0.3) is 16.9 Å². The molecule has 3 aromatic rings. The molecule has 4 rings (SSSR count). The van der Waals surface area contributed by atoms with Gasteiger partial charge in [0.1, 0.15) is 0 Å². The molecule has 140 valence electrons. The lowest BCUT2D eigenvalue weighted by molar-refractivity contribution is 0.0999. The van der Waals surface area contributed by atoms with Gasteiger partial charge in [-0.05, 0) is 49.3 Å². The van der Waals surface area contributed by atoms with Gasteiger partial charge in [0.15, 0.2) is 11.5 Å². The SMILES string of the molecule is Cc1c(C(N)=O)ccc(-c2cnc3c(NCCCO)nccn23)c1C1CC1. The average Bonchev–Trinajstić information content (AvgIpc) is 3.39. The zero-order chi connectivity index (χ0) is 19.0. The van der Waals surface area contributed by atoms with Crippen LogP contribution in [0.1, 0.15) is 46.7 Å². The average molecular weight is 365 g/mol. The van der Waals surface area contributed by atoms with Gasteiger partial charge in [0.2, 0.25) is 5.91 Å². The molecular formula is C20H23N5O2. The molecule has 0 radical (unpaired) electrons. The third-order valence-corrected chi connectivity index (χ3v) is 5.10. The lowest BCUT2D eigenvalue weighted by atomic mass is 9.92. The van der Waals surface area contributed by atoms with E-state index < -0.39 is 5.91 Å². The van der Waals surface area contributed by atoms with Gasteiger partial charge >= 0.3 is 0 Å². The molecule has 0 aliphatic heterocycles. The number of nitrogens with one attached hydrogen (secondary N) is 1. The molecule has 1 amide bonds. The second-order valence-corrected chi connectivity index (χ2v) is 6.95. The molecule has 7 nitrogen and oxygen atoms in total. The maximum atomic E-state index is 11.8. The van der Waals surface area contributed by atoms with E-state index in [1.165, 1.54) is 5.56 Å². The van der Waals surface area contributed by atoms with Crippen molar-refractivity contribution in [3.63, 3.8) is 0 Å². The highest BCUT2D eigenvalue weighted by Gasteiger charge is 2.30. The standard InChI is InChI=1S/C20H23N5O2/c1-12-14(18(21)27)5-6-15(17(12)13-3-4-13)16-11-24-20-19(22-7-2-10-26)23-8-9-25(16)20/h5-6,8-9,11,13,26H,2-4,7,10H2,1H3,(H2,21,27)(H,22,23). The van der Waals surface area contributed by atoms with Gasteiger partial charge in [-0.2, -0.15) is 0 Å². The van der Waals surface area contributed by atoms with Crippen LogP contribution in [0.15, 0.2) is 30.7 Å². The van der Waals surface area contributed by atoms with Crippen molar-refractivity contribution >= 4 is 17.4 Å². The van der Waals surface area contributed by atoms with E-state index >= 15 is 0 Å². The number of nitrogens with zero attached hydrogens (tertiary/aromatic N) is 3. The van der Waals surface area contributed by atoms with Gasteiger partial charge in [-0.15, -0.1) is 0 Å². The first-order valence-corrected chi connectivity index (χ1v) is 9.22. The van der Waals surface area contributed by atoms with Crippen LogP contribution in [0.3, 0.4) is 0 Å². The molecule has 1 aliphatic carbocycles. The Morgan fingerprint density at radius 2 is 2.19 bits per heavy atom. The van der Waals surface area contributed by atoms with E-state index in [2.05, 4.69) is 15.3 Å². The number of carbonyl (C=O) groups is 1. The molecule has 2 aromatic heterocycles. The molecule has 0 unspecified atom stereocenters. The molecule has 1 aromatic carbocycles. The van der Waals surface area contributed by atoms with E-state index in [-0.39, 0.29) is 6.61 Å². The van der Waals surface area contributed by atoms with E-state index in [0.29, 0.717) is 30.3 Å². The Hall–Kier alpha value is -2.93. The fourth-order valence-corrected chi connectivity index (χ4v) is 3.65. The van der Waals surface area contributed by atoms with Gasteiger partial charge in [0.25, 0.3) is 0 Å². The fraction of sp³-hybridized carbons (Fsp3) is 0.350. The molecule has 1 aliphatic rings. The van der Waals surface area contributed by atoms with Crippen LogP contribution in [0, 0.1) is 6.92 Å². The minimum Gasteiger partial charge on any atom is -0.396 e. The minimum atomic E-state index is -0.390. The summed E-state index contributed by atoms with van der Waals surface area (Å²) in [6.45, 7) is 2.74. The Kier molecular flexibility index (Phi) is 4.53. The Labute approximate surface area is 157 Å². The summed E-state index contributed by atoms with van der Waals surface area (Å²) in [7, 11) is 0. The number of benzene rings is 1. The first kappa shape index (κ1) is 17.5. The van der Waals surface area contributed by atoms with Crippen molar-refractivity contribution in [2.75, 3.05) is 18.5 Å². The van der Waals surface area contributed by atoms with Gasteiger partial charge in [0, 0.05) is 36.7 Å². The number of rotatable bonds is 7. The van der Waals surface area contributed by atoms with E-state index in [1.807, 2.05) is 29.8 Å². The van der Waals surface area contributed by atoms with Crippen molar-refractivity contribution in [1.82, 2.24) is 14.4 Å². The van der Waals surface area contributed by atoms with Crippen LogP contribution < -0.4 is 11.1 Å². The summed E-state index contributed by atoms with van der Waals surface area (Å²) in [5, 5.41) is 12.2. The molecule has 2 heterocycles. The molecule has 1 saturated carbocycles. The third-order valence-electron chi connectivity index (χ3n) is 5.10. The maximum Gasteiger partial charge on any atom is 0.248 e. The van der Waals surface area contributed by atoms with Crippen molar-refractivity contribution in [3.8, 4) is 11.3 Å². The van der Waals surface area contributed by atoms with Crippen molar-refractivity contribution < 1.29 is 9.90 Å². The van der Waals surface area contributed by atoms with Crippen LogP contribution in [0.2, 0.25) is 0 Å². The van der Waals surface area contributed by atoms with Crippen molar-refractivity contribution in [2.24, 2.45) is 5.73 Å². The predicted octanol–water partition coefficient (Wildman–Crippen LogP) is 2.48. The van der Waals surface area contributed by atoms with Crippen LogP contribution in [0.4, 0.5) is 5.82 Å². The highest BCUT2D eigenvalue weighted by Crippen LogP contribution is 2.46. The molecule has 7 heteroatoms. The molecule has 4 N–H and O–H groups in total. The predicted molar refractivity (Wildman–Crippen MR) is 104 cm³/mol. The van der Waals surface area contributed by atoms with Gasteiger partial charge in [0.05, 0.1) is 11.9 Å². The Morgan fingerprint density at radius 1 is 1.37 bits per heavy atom. The van der Waals surface area contributed by atoms with Crippen LogP contribution >= 0.6 is 0 Å². The molecule has 0 saturated heterocycles. The number of aromatic nitrogens is 3. The summed E-state index contributed by atoms with van der Waals surface area (Å²) in [6, 6.07) is 3.78. The molecular weight excluding hydrogens is 342 g/mol. The number of imidazole rings is 1. The quantitative estimate of drug-likeness (QED) is 0.558. The van der Waals surface area contributed by atoms with Crippen molar-refractivity contribution in [2.45, 2.75) is 32.1 Å². The summed E-state index contributed by atoms with van der Waals surface area (Å²) >= 11 is 0. The number of amides is 1. The Bertz CT molecular complexity index is 1010. The van der Waals surface area contributed by atoms with E-state index in [4.69, 9.17) is 10.8 Å². The zero-order valence-corrected chi connectivity index (χ0v) is 15.3. The smallest absolute Gasteiger partial charge is 0.248 e. The Morgan fingerprint density at radius 3 is 2.89 bits per heavy atom. The van der Waals surface area contributed by atoms with Crippen molar-refractivity contribution in [3.05, 3.63) is 47.4 Å². The number of anilines is 1. The summed E-state index contributed by atoms with van der Waals surface area (Å²) < 4.78 is 2.01. The Balaban J connectivity index is 1.82. The van der Waals surface area contributed by atoms with Gasteiger partial charge in [-0.25, -0.2) is 9.97 Å². The van der Waals surface area contributed by atoms with Crippen LogP contribution in [-0.4, -0.2) is 38.5 Å². The van der Waals surface area contributed by atoms with E-state index in [0.717, 1.165) is 35.3 Å². The molecule has 0 bridgehead atoms. The minimum absolute atomic E-state index is 0.131. The van der Waals surface area contributed by atoms with Gasteiger partial charge in [-0.3, -0.25) is 9.20 Å². The van der Waals surface area contributed by atoms with Gasteiger partial charge in [-0.1, -0.05) is 6.07 Å². The lowest BCUT2D eigenvalue weighted by Gasteiger charge is -2.15. The second-order valence-electron chi connectivity index (χ2n) is 6.95. The highest BCUT2D eigenvalue weighted by molar-refractivity contribution is 5.95. The number of primary amides is 1. The van der Waals surface area contributed by atoms with Crippen LogP contribution in [0.5, 0.6) is 0 Å². The summed E-state index contributed by atoms with van der Waals surface area (Å²) in [4.78, 5) is 20.7. The van der Waals surface area contributed by atoms with Crippen LogP contribution in [-0.2, 0) is 0 Å². The first-order chi connectivity index (χ1) is 13.1. The maximum absolute atomic E-state index is 11.8. The number of nitrogens with two attached hydrogens (primary N) is 1. The first-order valence-electron chi connectivity index (χ1n) is 9.22.